The van der Waals surface area contributed by atoms with Crippen molar-refractivity contribution in [1.82, 2.24) is 9.78 Å². The molecule has 1 heterocycles. The molecular formula is C19H18FN3O2. The second-order valence-corrected chi connectivity index (χ2v) is 6.15. The summed E-state index contributed by atoms with van der Waals surface area (Å²) in [7, 11) is 0. The molecule has 128 valence electrons. The van der Waals surface area contributed by atoms with Gasteiger partial charge in [-0.15, -0.1) is 0 Å². The highest BCUT2D eigenvalue weighted by Gasteiger charge is 2.18. The van der Waals surface area contributed by atoms with Crippen LogP contribution in [0.1, 0.15) is 35.9 Å². The van der Waals surface area contributed by atoms with E-state index < -0.39 is 11.7 Å². The average molecular weight is 339 g/mol. The summed E-state index contributed by atoms with van der Waals surface area (Å²) in [5.74, 6) is -0.926. The zero-order valence-corrected chi connectivity index (χ0v) is 14.2. The number of carbonyl (C=O) groups excluding carboxylic acids is 1. The smallest absolute Gasteiger partial charge is 0.276 e. The van der Waals surface area contributed by atoms with Gasteiger partial charge in [0, 0.05) is 11.1 Å². The largest absolute Gasteiger partial charge is 0.320 e. The van der Waals surface area contributed by atoms with Gasteiger partial charge in [-0.3, -0.25) is 9.59 Å². The van der Waals surface area contributed by atoms with Crippen molar-refractivity contribution in [3.63, 3.8) is 0 Å². The molecule has 0 fully saturated rings. The van der Waals surface area contributed by atoms with Crippen LogP contribution < -0.4 is 10.9 Å². The molecule has 3 rings (SSSR count). The minimum atomic E-state index is -0.487. The van der Waals surface area contributed by atoms with Gasteiger partial charge in [0.05, 0.1) is 11.4 Å². The van der Waals surface area contributed by atoms with Crippen molar-refractivity contribution in [1.29, 1.82) is 0 Å². The van der Waals surface area contributed by atoms with Gasteiger partial charge in [-0.2, -0.15) is 5.10 Å². The normalized spacial score (nSPS) is 11.1. The molecule has 2 aromatic carbocycles. The molecule has 0 aliphatic rings. The lowest BCUT2D eigenvalue weighted by Crippen LogP contribution is -2.29. The number of hydrogen-bond donors (Lipinski definition) is 1. The minimum Gasteiger partial charge on any atom is -0.320 e. The van der Waals surface area contributed by atoms with Crippen LogP contribution in [-0.2, 0) is 0 Å². The number of amides is 1. The maximum atomic E-state index is 13.5. The third kappa shape index (κ3) is 3.15. The first-order valence-corrected chi connectivity index (χ1v) is 7.97. The zero-order chi connectivity index (χ0) is 18.1. The highest BCUT2D eigenvalue weighted by Crippen LogP contribution is 2.19. The number of nitrogens with zero attached hydrogens (tertiary/aromatic N) is 2. The fourth-order valence-corrected chi connectivity index (χ4v) is 2.63. The SMILES string of the molecule is Cc1ccc(F)cc1NC(=O)c1nn(C(C)C)c(=O)c2ccccc12. The number of carbonyl (C=O) groups is 1. The molecule has 0 aliphatic heterocycles. The summed E-state index contributed by atoms with van der Waals surface area (Å²) < 4.78 is 14.8. The van der Waals surface area contributed by atoms with Gasteiger partial charge in [-0.25, -0.2) is 9.07 Å². The topological polar surface area (TPSA) is 64.0 Å². The van der Waals surface area contributed by atoms with Crippen LogP contribution in [0.5, 0.6) is 0 Å². The van der Waals surface area contributed by atoms with E-state index in [0.29, 0.717) is 16.5 Å². The van der Waals surface area contributed by atoms with E-state index in [2.05, 4.69) is 10.4 Å². The van der Waals surface area contributed by atoms with Crippen molar-refractivity contribution in [2.45, 2.75) is 26.8 Å². The Hall–Kier alpha value is -3.02. The number of benzene rings is 2. The molecule has 0 unspecified atom stereocenters. The Bertz CT molecular complexity index is 1020. The van der Waals surface area contributed by atoms with Crippen LogP contribution >= 0.6 is 0 Å². The molecule has 0 spiro atoms. The van der Waals surface area contributed by atoms with E-state index in [1.807, 2.05) is 13.8 Å². The van der Waals surface area contributed by atoms with E-state index >= 15 is 0 Å². The highest BCUT2D eigenvalue weighted by molar-refractivity contribution is 6.11. The zero-order valence-electron chi connectivity index (χ0n) is 14.2. The summed E-state index contributed by atoms with van der Waals surface area (Å²) >= 11 is 0. The van der Waals surface area contributed by atoms with Gasteiger partial charge in [0.2, 0.25) is 0 Å². The number of hydrogen-bond acceptors (Lipinski definition) is 3. The lowest BCUT2D eigenvalue weighted by Gasteiger charge is -2.14. The van der Waals surface area contributed by atoms with Gasteiger partial charge in [-0.1, -0.05) is 24.3 Å². The number of nitrogens with one attached hydrogen (secondary N) is 1. The molecule has 1 N–H and O–H groups in total. The standard InChI is InChI=1S/C19H18FN3O2/c1-11(2)23-19(25)15-7-5-4-6-14(15)17(22-23)18(24)21-16-10-13(20)9-8-12(16)3/h4-11H,1-3H3,(H,21,24). The summed E-state index contributed by atoms with van der Waals surface area (Å²) in [5.41, 5.74) is 0.992. The number of aromatic nitrogens is 2. The van der Waals surface area contributed by atoms with E-state index in [0.717, 1.165) is 5.56 Å². The van der Waals surface area contributed by atoms with Crippen LogP contribution in [0.2, 0.25) is 0 Å². The lowest BCUT2D eigenvalue weighted by molar-refractivity contribution is 0.102. The molecule has 3 aromatic rings. The van der Waals surface area contributed by atoms with Gasteiger partial charge >= 0.3 is 0 Å². The van der Waals surface area contributed by atoms with Crippen molar-refractivity contribution in [3.05, 3.63) is 69.9 Å². The maximum absolute atomic E-state index is 13.5. The molecule has 25 heavy (non-hydrogen) atoms. The first-order chi connectivity index (χ1) is 11.9. The van der Waals surface area contributed by atoms with Crippen LogP contribution in [-0.4, -0.2) is 15.7 Å². The Morgan fingerprint density at radius 2 is 1.84 bits per heavy atom. The van der Waals surface area contributed by atoms with Crippen molar-refractivity contribution >= 4 is 22.4 Å². The van der Waals surface area contributed by atoms with Crippen LogP contribution in [0.3, 0.4) is 0 Å². The predicted octanol–water partition coefficient (Wildman–Crippen LogP) is 3.68. The van der Waals surface area contributed by atoms with Crippen LogP contribution in [0, 0.1) is 12.7 Å². The molecule has 6 heteroatoms. The molecule has 0 radical (unpaired) electrons. The third-order valence-corrected chi connectivity index (χ3v) is 3.98. The average Bonchev–Trinajstić information content (AvgIpc) is 2.58. The molecule has 0 saturated heterocycles. The van der Waals surface area contributed by atoms with Crippen LogP contribution in [0.4, 0.5) is 10.1 Å². The van der Waals surface area contributed by atoms with Gasteiger partial charge in [0.25, 0.3) is 11.5 Å². The van der Waals surface area contributed by atoms with E-state index in [1.54, 1.807) is 37.3 Å². The summed E-state index contributed by atoms with van der Waals surface area (Å²) in [5, 5.41) is 7.83. The number of rotatable bonds is 3. The molecule has 0 aliphatic carbocycles. The quantitative estimate of drug-likeness (QED) is 0.792. The van der Waals surface area contributed by atoms with Gasteiger partial charge in [0.1, 0.15) is 5.82 Å². The van der Waals surface area contributed by atoms with E-state index in [4.69, 9.17) is 0 Å². The second-order valence-electron chi connectivity index (χ2n) is 6.15. The fourth-order valence-electron chi connectivity index (χ4n) is 2.63. The third-order valence-electron chi connectivity index (χ3n) is 3.98. The minimum absolute atomic E-state index is 0.132. The second kappa shape index (κ2) is 6.47. The molecule has 0 saturated carbocycles. The number of aryl methyl sites for hydroxylation is 1. The Morgan fingerprint density at radius 1 is 1.16 bits per heavy atom. The monoisotopic (exact) mass is 339 g/mol. The van der Waals surface area contributed by atoms with Gasteiger partial charge < -0.3 is 5.32 Å². The molecule has 1 aromatic heterocycles. The molecule has 0 atom stereocenters. The van der Waals surface area contributed by atoms with Crippen LogP contribution in [0.25, 0.3) is 10.8 Å². The van der Waals surface area contributed by atoms with Gasteiger partial charge in [-0.05, 0) is 44.5 Å². The Labute approximate surface area is 144 Å². The number of anilines is 1. The first kappa shape index (κ1) is 16.8. The molecule has 5 nitrogen and oxygen atoms in total. The van der Waals surface area contributed by atoms with Crippen molar-refractivity contribution in [2.75, 3.05) is 5.32 Å². The summed E-state index contributed by atoms with van der Waals surface area (Å²) in [6.45, 7) is 5.42. The highest BCUT2D eigenvalue weighted by atomic mass is 19.1. The Balaban J connectivity index is 2.14. The predicted molar refractivity (Wildman–Crippen MR) is 95.5 cm³/mol. The summed E-state index contributed by atoms with van der Waals surface area (Å²) in [6.07, 6.45) is 0. The van der Waals surface area contributed by atoms with Crippen molar-refractivity contribution in [2.24, 2.45) is 0 Å². The number of halogens is 1. The lowest BCUT2D eigenvalue weighted by atomic mass is 10.1. The van der Waals surface area contributed by atoms with Crippen molar-refractivity contribution < 1.29 is 9.18 Å². The summed E-state index contributed by atoms with van der Waals surface area (Å²) in [6, 6.07) is 10.8. The maximum Gasteiger partial charge on any atom is 0.276 e. The Kier molecular flexibility index (Phi) is 4.35. The summed E-state index contributed by atoms with van der Waals surface area (Å²) in [4.78, 5) is 25.3. The van der Waals surface area contributed by atoms with E-state index in [-0.39, 0.29) is 17.3 Å². The molecule has 1 amide bonds. The number of fused-ring (bicyclic) bond motifs is 1. The van der Waals surface area contributed by atoms with Gasteiger partial charge in [0.15, 0.2) is 5.69 Å². The fraction of sp³-hybridized carbons (Fsp3) is 0.211. The van der Waals surface area contributed by atoms with Crippen molar-refractivity contribution in [3.8, 4) is 0 Å². The van der Waals surface area contributed by atoms with E-state index in [1.165, 1.54) is 16.8 Å². The molecular weight excluding hydrogens is 321 g/mol. The van der Waals surface area contributed by atoms with E-state index in [9.17, 15) is 14.0 Å². The Morgan fingerprint density at radius 3 is 2.52 bits per heavy atom. The molecule has 0 bridgehead atoms. The van der Waals surface area contributed by atoms with Crippen LogP contribution in [0.15, 0.2) is 47.3 Å². The first-order valence-electron chi connectivity index (χ1n) is 7.97.